The molecule has 2 rings (SSSR count). The molecule has 2 aromatic carbocycles. The molecule has 1 atom stereocenters. The van der Waals surface area contributed by atoms with Gasteiger partial charge in [0.2, 0.25) is 15.9 Å². The Bertz CT molecular complexity index is 927. The van der Waals surface area contributed by atoms with E-state index in [2.05, 4.69) is 5.32 Å². The van der Waals surface area contributed by atoms with Crippen molar-refractivity contribution in [2.45, 2.75) is 39.2 Å². The van der Waals surface area contributed by atoms with Gasteiger partial charge in [-0.1, -0.05) is 19.1 Å². The average molecular weight is 449 g/mol. The Kier molecular flexibility index (Phi) is 9.18. The number of hydrogen-bond donors (Lipinski definition) is 1. The van der Waals surface area contributed by atoms with Gasteiger partial charge in [0.15, 0.2) is 0 Å². The fourth-order valence-electron chi connectivity index (χ4n) is 3.27. The molecule has 0 saturated carbocycles. The van der Waals surface area contributed by atoms with Gasteiger partial charge in [-0.2, -0.15) is 0 Å². The summed E-state index contributed by atoms with van der Waals surface area (Å²) in [6.07, 6.45) is 2.56. The van der Waals surface area contributed by atoms with Crippen LogP contribution in [0, 0.1) is 0 Å². The van der Waals surface area contributed by atoms with Gasteiger partial charge in [0.05, 0.1) is 31.7 Å². The maximum atomic E-state index is 12.5. The van der Waals surface area contributed by atoms with Gasteiger partial charge in [0.1, 0.15) is 11.5 Å². The van der Waals surface area contributed by atoms with Gasteiger partial charge < -0.3 is 14.8 Å². The molecular formula is C23H32N2O5S. The largest absolute Gasteiger partial charge is 0.497 e. The van der Waals surface area contributed by atoms with Crippen LogP contribution >= 0.6 is 0 Å². The molecule has 0 bridgehead atoms. The highest BCUT2D eigenvalue weighted by Crippen LogP contribution is 2.23. The van der Waals surface area contributed by atoms with E-state index >= 15 is 0 Å². The van der Waals surface area contributed by atoms with Gasteiger partial charge in [0, 0.05) is 13.0 Å². The fraction of sp³-hybridized carbons (Fsp3) is 0.435. The van der Waals surface area contributed by atoms with Gasteiger partial charge in [-0.25, -0.2) is 8.42 Å². The molecule has 0 heterocycles. The minimum Gasteiger partial charge on any atom is -0.497 e. The predicted molar refractivity (Wildman–Crippen MR) is 123 cm³/mol. The van der Waals surface area contributed by atoms with E-state index in [0.717, 1.165) is 17.7 Å². The fourth-order valence-corrected chi connectivity index (χ4v) is 4.23. The number of methoxy groups -OCH3 is 1. The summed E-state index contributed by atoms with van der Waals surface area (Å²) >= 11 is 0. The molecule has 0 spiro atoms. The summed E-state index contributed by atoms with van der Waals surface area (Å²) < 4.78 is 36.4. The number of carbonyl (C=O) groups is 1. The van der Waals surface area contributed by atoms with Crippen LogP contribution in [0.15, 0.2) is 48.5 Å². The van der Waals surface area contributed by atoms with E-state index in [4.69, 9.17) is 9.47 Å². The molecule has 0 aliphatic heterocycles. The van der Waals surface area contributed by atoms with Gasteiger partial charge in [0.25, 0.3) is 0 Å². The summed E-state index contributed by atoms with van der Waals surface area (Å²) in [5, 5.41) is 3.03. The second-order valence-electron chi connectivity index (χ2n) is 7.17. The number of hydrogen-bond acceptors (Lipinski definition) is 5. The van der Waals surface area contributed by atoms with Crippen LogP contribution < -0.4 is 19.1 Å². The smallest absolute Gasteiger partial charge is 0.232 e. The second-order valence-corrected chi connectivity index (χ2v) is 9.07. The first kappa shape index (κ1) is 24.5. The first-order valence-corrected chi connectivity index (χ1v) is 12.3. The molecule has 0 aliphatic rings. The molecule has 1 amide bonds. The van der Waals surface area contributed by atoms with Crippen LogP contribution in [0.4, 0.5) is 5.69 Å². The number of rotatable bonds is 12. The molecule has 1 N–H and O–H groups in total. The zero-order valence-corrected chi connectivity index (χ0v) is 19.4. The summed E-state index contributed by atoms with van der Waals surface area (Å²) in [6.45, 7) is 4.66. The zero-order valence-electron chi connectivity index (χ0n) is 18.6. The molecule has 7 nitrogen and oxygen atoms in total. The van der Waals surface area contributed by atoms with Gasteiger partial charge in [-0.15, -0.1) is 0 Å². The van der Waals surface area contributed by atoms with Crippen LogP contribution in [0.25, 0.3) is 0 Å². The van der Waals surface area contributed by atoms with Crippen LogP contribution in [-0.2, 0) is 14.8 Å². The summed E-state index contributed by atoms with van der Waals surface area (Å²) in [5.41, 5.74) is 1.56. The monoisotopic (exact) mass is 448 g/mol. The first-order chi connectivity index (χ1) is 14.8. The highest BCUT2D eigenvalue weighted by Gasteiger charge is 2.18. The zero-order chi connectivity index (χ0) is 22.9. The Balaban J connectivity index is 1.95. The van der Waals surface area contributed by atoms with Gasteiger partial charge in [-0.3, -0.25) is 9.10 Å². The van der Waals surface area contributed by atoms with Crippen molar-refractivity contribution in [2.24, 2.45) is 0 Å². The third-order valence-corrected chi connectivity index (χ3v) is 6.06. The summed E-state index contributed by atoms with van der Waals surface area (Å²) in [7, 11) is -1.86. The third-order valence-electron chi connectivity index (χ3n) is 4.86. The lowest BCUT2D eigenvalue weighted by atomic mass is 10.0. The number of carbonyl (C=O) groups excluding carboxylic acids is 1. The van der Waals surface area contributed by atoms with E-state index in [-0.39, 0.29) is 24.9 Å². The molecule has 0 saturated heterocycles. The predicted octanol–water partition coefficient (Wildman–Crippen LogP) is 3.91. The Labute approximate surface area is 185 Å². The Morgan fingerprint density at radius 1 is 1.03 bits per heavy atom. The van der Waals surface area contributed by atoms with E-state index in [1.54, 1.807) is 31.4 Å². The van der Waals surface area contributed by atoms with Crippen molar-refractivity contribution in [2.75, 3.05) is 30.8 Å². The lowest BCUT2D eigenvalue weighted by Crippen LogP contribution is -2.33. The Hall–Kier alpha value is -2.74. The lowest BCUT2D eigenvalue weighted by Gasteiger charge is -2.23. The van der Waals surface area contributed by atoms with Crippen LogP contribution in [0.3, 0.4) is 0 Å². The number of nitrogens with one attached hydrogen (secondary N) is 1. The van der Waals surface area contributed by atoms with E-state index in [1.165, 1.54) is 10.6 Å². The minimum atomic E-state index is -3.47. The van der Waals surface area contributed by atoms with Crippen molar-refractivity contribution < 1.29 is 22.7 Å². The highest BCUT2D eigenvalue weighted by molar-refractivity contribution is 7.92. The van der Waals surface area contributed by atoms with Crippen molar-refractivity contribution in [1.82, 2.24) is 5.32 Å². The highest BCUT2D eigenvalue weighted by atomic mass is 32.2. The molecular weight excluding hydrogens is 416 g/mol. The third kappa shape index (κ3) is 7.47. The molecule has 0 fully saturated rings. The number of benzene rings is 2. The molecule has 8 heteroatoms. The average Bonchev–Trinajstić information content (AvgIpc) is 2.75. The molecule has 0 aromatic heterocycles. The van der Waals surface area contributed by atoms with E-state index < -0.39 is 10.0 Å². The SMILES string of the molecule is CCOc1ccc(N(CCCC(=O)N[C@H](CC)c2ccc(OC)cc2)S(C)(=O)=O)cc1. The normalized spacial score (nSPS) is 12.1. The van der Waals surface area contributed by atoms with Crippen LogP contribution in [0.2, 0.25) is 0 Å². The number of nitrogens with zero attached hydrogens (tertiary/aromatic N) is 1. The topological polar surface area (TPSA) is 84.9 Å². The van der Waals surface area contributed by atoms with Crippen LogP contribution in [0.5, 0.6) is 11.5 Å². The summed E-state index contributed by atoms with van der Waals surface area (Å²) in [4.78, 5) is 12.5. The van der Waals surface area contributed by atoms with Crippen molar-refractivity contribution in [3.05, 3.63) is 54.1 Å². The number of anilines is 1. The maximum absolute atomic E-state index is 12.5. The van der Waals surface area contributed by atoms with Crippen molar-refractivity contribution in [3.63, 3.8) is 0 Å². The molecule has 31 heavy (non-hydrogen) atoms. The molecule has 170 valence electrons. The molecule has 2 aromatic rings. The Morgan fingerprint density at radius 2 is 1.65 bits per heavy atom. The first-order valence-electron chi connectivity index (χ1n) is 10.4. The Morgan fingerprint density at radius 3 is 2.16 bits per heavy atom. The quantitative estimate of drug-likeness (QED) is 0.532. The number of sulfonamides is 1. The molecule has 0 radical (unpaired) electrons. The van der Waals surface area contributed by atoms with E-state index in [1.807, 2.05) is 38.1 Å². The summed E-state index contributed by atoms with van der Waals surface area (Å²) in [5.74, 6) is 1.34. The summed E-state index contributed by atoms with van der Waals surface area (Å²) in [6, 6.07) is 14.4. The van der Waals surface area contributed by atoms with Gasteiger partial charge >= 0.3 is 0 Å². The van der Waals surface area contributed by atoms with Crippen molar-refractivity contribution in [3.8, 4) is 11.5 Å². The number of ether oxygens (including phenoxy) is 2. The van der Waals surface area contributed by atoms with Crippen molar-refractivity contribution in [1.29, 1.82) is 0 Å². The van der Waals surface area contributed by atoms with Gasteiger partial charge in [-0.05, 0) is 61.7 Å². The lowest BCUT2D eigenvalue weighted by molar-refractivity contribution is -0.121. The number of amides is 1. The minimum absolute atomic E-state index is 0.101. The standard InChI is InChI=1S/C23H32N2O5S/c1-5-22(18-9-13-20(29-3)14-10-18)24-23(26)8-7-17-25(31(4,27)28)19-11-15-21(16-12-19)30-6-2/h9-16,22H,5-8,17H2,1-4H3,(H,24,26)/t22-/m1/s1. The second kappa shape index (κ2) is 11.6. The van der Waals surface area contributed by atoms with Crippen LogP contribution in [0.1, 0.15) is 44.7 Å². The van der Waals surface area contributed by atoms with Crippen LogP contribution in [-0.4, -0.2) is 40.8 Å². The molecule has 0 unspecified atom stereocenters. The molecule has 0 aliphatic carbocycles. The van der Waals surface area contributed by atoms with E-state index in [9.17, 15) is 13.2 Å². The van der Waals surface area contributed by atoms with E-state index in [0.29, 0.717) is 24.5 Å². The van der Waals surface area contributed by atoms with Crippen molar-refractivity contribution >= 4 is 21.6 Å². The maximum Gasteiger partial charge on any atom is 0.232 e.